The van der Waals surface area contributed by atoms with Crippen LogP contribution in [-0.2, 0) is 14.2 Å². The molecular weight excluding hydrogens is 144 g/mol. The van der Waals surface area contributed by atoms with Crippen LogP contribution in [-0.4, -0.2) is 38.6 Å². The summed E-state index contributed by atoms with van der Waals surface area (Å²) in [5.41, 5.74) is -0.0488. The third kappa shape index (κ3) is 2.43. The van der Waals surface area contributed by atoms with Gasteiger partial charge in [0.1, 0.15) is 5.60 Å². The fourth-order valence-corrected chi connectivity index (χ4v) is 0.859. The minimum absolute atomic E-state index is 0.0488. The third-order valence-electron chi connectivity index (χ3n) is 1.88. The standard InChI is InChI=1S/C8H16O3/c1-7(9-3)4-11-8(2)5-10-6-8/h7H,4-6H2,1-3H3. The molecule has 3 nitrogen and oxygen atoms in total. The summed E-state index contributed by atoms with van der Waals surface area (Å²) in [6.07, 6.45) is 0.174. The lowest BCUT2D eigenvalue weighted by atomic mass is 10.1. The Labute approximate surface area is 67.6 Å². The van der Waals surface area contributed by atoms with Crippen LogP contribution in [0.1, 0.15) is 13.8 Å². The molecule has 0 saturated carbocycles. The van der Waals surface area contributed by atoms with E-state index in [0.717, 1.165) is 0 Å². The summed E-state index contributed by atoms with van der Waals surface area (Å²) in [5.74, 6) is 0. The molecule has 0 aromatic carbocycles. The van der Waals surface area contributed by atoms with Gasteiger partial charge in [-0.3, -0.25) is 0 Å². The van der Waals surface area contributed by atoms with Crippen molar-refractivity contribution >= 4 is 0 Å². The van der Waals surface area contributed by atoms with Gasteiger partial charge in [-0.15, -0.1) is 0 Å². The van der Waals surface area contributed by atoms with Gasteiger partial charge < -0.3 is 14.2 Å². The smallest absolute Gasteiger partial charge is 0.112 e. The van der Waals surface area contributed by atoms with Crippen LogP contribution in [0.5, 0.6) is 0 Å². The summed E-state index contributed by atoms with van der Waals surface area (Å²) in [5, 5.41) is 0. The van der Waals surface area contributed by atoms with Gasteiger partial charge in [0, 0.05) is 7.11 Å². The van der Waals surface area contributed by atoms with Crippen molar-refractivity contribution in [2.45, 2.75) is 25.6 Å². The maximum atomic E-state index is 5.57. The molecule has 1 atom stereocenters. The highest BCUT2D eigenvalue weighted by molar-refractivity contribution is 4.82. The summed E-state index contributed by atoms with van der Waals surface area (Å²) in [6, 6.07) is 0. The normalized spacial score (nSPS) is 24.3. The minimum atomic E-state index is -0.0488. The monoisotopic (exact) mass is 160 g/mol. The number of hydrogen-bond donors (Lipinski definition) is 0. The molecule has 1 aliphatic rings. The Morgan fingerprint density at radius 2 is 2.18 bits per heavy atom. The van der Waals surface area contributed by atoms with Gasteiger partial charge >= 0.3 is 0 Å². The largest absolute Gasteiger partial charge is 0.379 e. The Bertz CT molecular complexity index is 121. The fraction of sp³-hybridized carbons (Fsp3) is 1.00. The van der Waals surface area contributed by atoms with Crippen LogP contribution in [0, 0.1) is 0 Å². The van der Waals surface area contributed by atoms with E-state index in [2.05, 4.69) is 6.92 Å². The van der Waals surface area contributed by atoms with Crippen molar-refractivity contribution in [2.75, 3.05) is 26.9 Å². The molecule has 0 aliphatic carbocycles. The van der Waals surface area contributed by atoms with E-state index in [1.165, 1.54) is 0 Å². The molecule has 0 spiro atoms. The summed E-state index contributed by atoms with van der Waals surface area (Å²) in [4.78, 5) is 0. The van der Waals surface area contributed by atoms with Crippen molar-refractivity contribution in [2.24, 2.45) is 0 Å². The Hall–Kier alpha value is -0.120. The average molecular weight is 160 g/mol. The molecule has 0 bridgehead atoms. The zero-order valence-electron chi connectivity index (χ0n) is 7.42. The highest BCUT2D eigenvalue weighted by Gasteiger charge is 2.34. The summed E-state index contributed by atoms with van der Waals surface area (Å²) in [7, 11) is 1.69. The van der Waals surface area contributed by atoms with Gasteiger partial charge in [-0.25, -0.2) is 0 Å². The maximum absolute atomic E-state index is 5.57. The van der Waals surface area contributed by atoms with Gasteiger partial charge in [-0.05, 0) is 13.8 Å². The molecule has 0 radical (unpaired) electrons. The first-order chi connectivity index (χ1) is 5.16. The molecule has 0 aromatic rings. The molecule has 1 saturated heterocycles. The first-order valence-corrected chi connectivity index (χ1v) is 3.91. The lowest BCUT2D eigenvalue weighted by Gasteiger charge is -2.38. The van der Waals surface area contributed by atoms with Crippen molar-refractivity contribution in [1.29, 1.82) is 0 Å². The Balaban J connectivity index is 2.11. The van der Waals surface area contributed by atoms with Crippen molar-refractivity contribution in [3.8, 4) is 0 Å². The van der Waals surface area contributed by atoms with Gasteiger partial charge in [0.15, 0.2) is 0 Å². The molecule has 1 unspecified atom stereocenters. The van der Waals surface area contributed by atoms with Crippen LogP contribution in [0.2, 0.25) is 0 Å². The van der Waals surface area contributed by atoms with Crippen molar-refractivity contribution in [3.05, 3.63) is 0 Å². The van der Waals surface area contributed by atoms with E-state index in [4.69, 9.17) is 14.2 Å². The molecule has 11 heavy (non-hydrogen) atoms. The van der Waals surface area contributed by atoms with E-state index in [1.807, 2.05) is 6.92 Å². The summed E-state index contributed by atoms with van der Waals surface area (Å²) in [6.45, 7) is 6.12. The highest BCUT2D eigenvalue weighted by atomic mass is 16.6. The van der Waals surface area contributed by atoms with E-state index in [0.29, 0.717) is 19.8 Å². The number of hydrogen-bond acceptors (Lipinski definition) is 3. The van der Waals surface area contributed by atoms with Crippen molar-refractivity contribution in [3.63, 3.8) is 0 Å². The summed E-state index contributed by atoms with van der Waals surface area (Å²) < 4.78 is 15.7. The van der Waals surface area contributed by atoms with Crippen LogP contribution in [0.25, 0.3) is 0 Å². The van der Waals surface area contributed by atoms with Crippen LogP contribution in [0.4, 0.5) is 0 Å². The van der Waals surface area contributed by atoms with Gasteiger partial charge in [0.05, 0.1) is 25.9 Å². The maximum Gasteiger partial charge on any atom is 0.112 e. The minimum Gasteiger partial charge on any atom is -0.379 e. The lowest BCUT2D eigenvalue weighted by Crippen LogP contribution is -2.50. The number of methoxy groups -OCH3 is 1. The zero-order valence-corrected chi connectivity index (χ0v) is 7.42. The number of rotatable bonds is 4. The Morgan fingerprint density at radius 1 is 1.55 bits per heavy atom. The highest BCUT2D eigenvalue weighted by Crippen LogP contribution is 2.20. The molecule has 0 N–H and O–H groups in total. The van der Waals surface area contributed by atoms with Crippen molar-refractivity contribution < 1.29 is 14.2 Å². The second kappa shape index (κ2) is 3.52. The molecule has 1 heterocycles. The molecule has 1 aliphatic heterocycles. The molecule has 66 valence electrons. The zero-order chi connectivity index (χ0) is 8.32. The Kier molecular flexibility index (Phi) is 2.87. The Morgan fingerprint density at radius 3 is 2.55 bits per heavy atom. The summed E-state index contributed by atoms with van der Waals surface area (Å²) >= 11 is 0. The van der Waals surface area contributed by atoms with Crippen molar-refractivity contribution in [1.82, 2.24) is 0 Å². The predicted octanol–water partition coefficient (Wildman–Crippen LogP) is 0.827. The van der Waals surface area contributed by atoms with Crippen LogP contribution >= 0.6 is 0 Å². The van der Waals surface area contributed by atoms with E-state index >= 15 is 0 Å². The molecule has 1 fully saturated rings. The van der Waals surface area contributed by atoms with Gasteiger partial charge in [-0.1, -0.05) is 0 Å². The SMILES string of the molecule is COC(C)COC1(C)COC1. The van der Waals surface area contributed by atoms with E-state index < -0.39 is 0 Å². The second-order valence-corrected chi connectivity index (χ2v) is 3.30. The van der Waals surface area contributed by atoms with Gasteiger partial charge in [-0.2, -0.15) is 0 Å². The van der Waals surface area contributed by atoms with E-state index in [1.54, 1.807) is 7.11 Å². The van der Waals surface area contributed by atoms with E-state index in [9.17, 15) is 0 Å². The lowest BCUT2D eigenvalue weighted by molar-refractivity contribution is -0.208. The van der Waals surface area contributed by atoms with Crippen LogP contribution in [0.15, 0.2) is 0 Å². The molecule has 0 aromatic heterocycles. The molecular formula is C8H16O3. The number of ether oxygens (including phenoxy) is 3. The van der Waals surface area contributed by atoms with Gasteiger partial charge in [0.25, 0.3) is 0 Å². The third-order valence-corrected chi connectivity index (χ3v) is 1.88. The van der Waals surface area contributed by atoms with E-state index in [-0.39, 0.29) is 11.7 Å². The first-order valence-electron chi connectivity index (χ1n) is 3.91. The topological polar surface area (TPSA) is 27.7 Å². The molecule has 3 heteroatoms. The average Bonchev–Trinajstić information content (AvgIpc) is 1.96. The predicted molar refractivity (Wildman–Crippen MR) is 41.6 cm³/mol. The first kappa shape index (κ1) is 8.97. The quantitative estimate of drug-likeness (QED) is 0.609. The van der Waals surface area contributed by atoms with Crippen LogP contribution in [0.3, 0.4) is 0 Å². The molecule has 0 amide bonds. The van der Waals surface area contributed by atoms with Crippen LogP contribution < -0.4 is 0 Å². The fourth-order valence-electron chi connectivity index (χ4n) is 0.859. The second-order valence-electron chi connectivity index (χ2n) is 3.30. The van der Waals surface area contributed by atoms with Gasteiger partial charge in [0.2, 0.25) is 0 Å². The molecule has 1 rings (SSSR count).